The molecule has 0 aliphatic heterocycles. The Bertz CT molecular complexity index is 595. The van der Waals surface area contributed by atoms with Gasteiger partial charge >= 0.3 is 0 Å². The second-order valence-corrected chi connectivity index (χ2v) is 6.06. The van der Waals surface area contributed by atoms with E-state index in [0.717, 1.165) is 12.5 Å². The number of nitrogens with two attached hydrogens (primary N) is 1. The quantitative estimate of drug-likeness (QED) is 0.472. The molecule has 0 bridgehead atoms. The van der Waals surface area contributed by atoms with Crippen molar-refractivity contribution in [1.82, 2.24) is 4.72 Å². The molecule has 0 heterocycles. The van der Waals surface area contributed by atoms with Crippen LogP contribution in [-0.4, -0.2) is 19.4 Å². The van der Waals surface area contributed by atoms with Crippen LogP contribution < -0.4 is 10.5 Å². The number of benzene rings is 1. The van der Waals surface area contributed by atoms with Crippen LogP contribution in [0.3, 0.4) is 0 Å². The first-order valence-corrected chi connectivity index (χ1v) is 7.43. The molecule has 0 saturated heterocycles. The molecule has 112 valence electrons. The highest BCUT2D eigenvalue weighted by Gasteiger charge is 2.26. The van der Waals surface area contributed by atoms with E-state index in [4.69, 9.17) is 5.73 Å². The molecule has 0 spiro atoms. The Hall–Kier alpha value is -1.74. The zero-order valence-electron chi connectivity index (χ0n) is 11.1. The molecule has 20 heavy (non-hydrogen) atoms. The Morgan fingerprint density at radius 1 is 1.50 bits per heavy atom. The maximum absolute atomic E-state index is 13.8. The maximum Gasteiger partial charge on any atom is 0.274 e. The van der Waals surface area contributed by atoms with E-state index in [1.165, 1.54) is 0 Å². The van der Waals surface area contributed by atoms with Crippen molar-refractivity contribution in [3.05, 3.63) is 28.1 Å². The van der Waals surface area contributed by atoms with Crippen LogP contribution in [0.1, 0.15) is 26.7 Å². The zero-order valence-corrected chi connectivity index (χ0v) is 11.9. The van der Waals surface area contributed by atoms with Gasteiger partial charge in [0.2, 0.25) is 10.0 Å². The third-order valence-electron chi connectivity index (χ3n) is 2.61. The normalized spacial score (nSPS) is 13.2. The summed E-state index contributed by atoms with van der Waals surface area (Å²) < 4.78 is 40.2. The molecule has 1 aromatic carbocycles. The summed E-state index contributed by atoms with van der Waals surface area (Å²) in [6.45, 7) is 3.52. The minimum atomic E-state index is -4.16. The van der Waals surface area contributed by atoms with E-state index in [-0.39, 0.29) is 6.04 Å². The molecule has 1 unspecified atom stereocenters. The van der Waals surface area contributed by atoms with Gasteiger partial charge in [-0.1, -0.05) is 13.3 Å². The molecule has 0 aliphatic carbocycles. The van der Waals surface area contributed by atoms with Crippen LogP contribution in [0.15, 0.2) is 17.0 Å². The molecular weight excluding hydrogens is 289 g/mol. The molecule has 0 aliphatic rings. The van der Waals surface area contributed by atoms with Crippen molar-refractivity contribution in [3.63, 3.8) is 0 Å². The highest BCUT2D eigenvalue weighted by atomic mass is 32.2. The maximum atomic E-state index is 13.8. The molecule has 1 rings (SSSR count). The summed E-state index contributed by atoms with van der Waals surface area (Å²) in [4.78, 5) is 8.95. The summed E-state index contributed by atoms with van der Waals surface area (Å²) in [6.07, 6.45) is 1.33. The lowest BCUT2D eigenvalue weighted by atomic mass is 10.2. The second kappa shape index (κ2) is 6.14. The molecular formula is C11H16FN3O4S. The van der Waals surface area contributed by atoms with Crippen molar-refractivity contribution in [1.29, 1.82) is 0 Å². The SMILES string of the molecule is CCCC(C)NS(=O)(=O)c1c(N)cc([N+](=O)[O-])cc1F. The summed E-state index contributed by atoms with van der Waals surface area (Å²) in [7, 11) is -4.16. The van der Waals surface area contributed by atoms with E-state index in [1.807, 2.05) is 6.92 Å². The van der Waals surface area contributed by atoms with Gasteiger partial charge in [0.15, 0.2) is 5.82 Å². The van der Waals surface area contributed by atoms with Crippen LogP contribution in [0.25, 0.3) is 0 Å². The summed E-state index contributed by atoms with van der Waals surface area (Å²) in [6, 6.07) is 0.969. The Morgan fingerprint density at radius 3 is 2.55 bits per heavy atom. The number of nitrogen functional groups attached to an aromatic ring is 1. The molecule has 0 aromatic heterocycles. The number of hydrogen-bond acceptors (Lipinski definition) is 5. The fourth-order valence-corrected chi connectivity index (χ4v) is 3.25. The first-order chi connectivity index (χ1) is 9.19. The van der Waals surface area contributed by atoms with Gasteiger partial charge in [-0.15, -0.1) is 0 Å². The highest BCUT2D eigenvalue weighted by Crippen LogP contribution is 2.27. The van der Waals surface area contributed by atoms with Crippen molar-refractivity contribution in [2.45, 2.75) is 37.6 Å². The molecule has 1 aromatic rings. The average molecular weight is 305 g/mol. The van der Waals surface area contributed by atoms with E-state index in [2.05, 4.69) is 4.72 Å². The fourth-order valence-electron chi connectivity index (χ4n) is 1.80. The van der Waals surface area contributed by atoms with Gasteiger partial charge in [-0.05, 0) is 13.3 Å². The molecule has 0 amide bonds. The van der Waals surface area contributed by atoms with Crippen LogP contribution in [0.2, 0.25) is 0 Å². The minimum absolute atomic E-state index is 0.390. The van der Waals surface area contributed by atoms with E-state index in [1.54, 1.807) is 6.92 Å². The lowest BCUT2D eigenvalue weighted by molar-refractivity contribution is -0.385. The topological polar surface area (TPSA) is 115 Å². The number of halogens is 1. The lowest BCUT2D eigenvalue weighted by Gasteiger charge is -2.14. The zero-order chi connectivity index (χ0) is 15.5. The predicted octanol–water partition coefficient (Wildman–Crippen LogP) is 1.78. The van der Waals surface area contributed by atoms with E-state index < -0.39 is 37.0 Å². The fraction of sp³-hybridized carbons (Fsp3) is 0.455. The van der Waals surface area contributed by atoms with Crippen LogP contribution in [0.5, 0.6) is 0 Å². The Balaban J connectivity index is 3.22. The number of anilines is 1. The number of nitro groups is 1. The van der Waals surface area contributed by atoms with Crippen molar-refractivity contribution < 1.29 is 17.7 Å². The molecule has 1 atom stereocenters. The first kappa shape index (κ1) is 16.3. The molecule has 0 fully saturated rings. The summed E-state index contributed by atoms with van der Waals surface area (Å²) in [5, 5.41) is 10.5. The van der Waals surface area contributed by atoms with Crippen LogP contribution in [0.4, 0.5) is 15.8 Å². The number of sulfonamides is 1. The summed E-state index contributed by atoms with van der Waals surface area (Å²) in [5.74, 6) is -1.24. The van der Waals surface area contributed by atoms with Crippen molar-refractivity contribution in [3.8, 4) is 0 Å². The van der Waals surface area contributed by atoms with Crippen molar-refractivity contribution in [2.24, 2.45) is 0 Å². The van der Waals surface area contributed by atoms with Crippen LogP contribution in [-0.2, 0) is 10.0 Å². The number of nitro benzene ring substituents is 1. The largest absolute Gasteiger partial charge is 0.397 e. The number of hydrogen-bond donors (Lipinski definition) is 2. The summed E-state index contributed by atoms with van der Waals surface area (Å²) >= 11 is 0. The summed E-state index contributed by atoms with van der Waals surface area (Å²) in [5.41, 5.74) is 4.34. The predicted molar refractivity (Wildman–Crippen MR) is 72.2 cm³/mol. The standard InChI is InChI=1S/C11H16FN3O4S/c1-3-4-7(2)14-20(18,19)11-9(12)5-8(15(16)17)6-10(11)13/h5-7,14H,3-4,13H2,1-2H3. The Morgan fingerprint density at radius 2 is 2.10 bits per heavy atom. The van der Waals surface area contributed by atoms with Crippen LogP contribution >= 0.6 is 0 Å². The van der Waals surface area contributed by atoms with Crippen LogP contribution in [0, 0.1) is 15.9 Å². The third-order valence-corrected chi connectivity index (χ3v) is 4.30. The van der Waals surface area contributed by atoms with Gasteiger partial charge in [0, 0.05) is 12.1 Å². The number of nitrogens with zero attached hydrogens (tertiary/aromatic N) is 1. The monoisotopic (exact) mass is 305 g/mol. The molecule has 3 N–H and O–H groups in total. The molecule has 0 saturated carbocycles. The van der Waals surface area contributed by atoms with Gasteiger partial charge in [0.05, 0.1) is 16.7 Å². The molecule has 7 nitrogen and oxygen atoms in total. The van der Waals surface area contributed by atoms with Gasteiger partial charge in [0.1, 0.15) is 4.90 Å². The van der Waals surface area contributed by atoms with Gasteiger partial charge in [0.25, 0.3) is 5.69 Å². The smallest absolute Gasteiger partial charge is 0.274 e. The lowest BCUT2D eigenvalue weighted by Crippen LogP contribution is -2.33. The number of nitrogens with one attached hydrogen (secondary N) is 1. The minimum Gasteiger partial charge on any atom is -0.397 e. The van der Waals surface area contributed by atoms with Crippen molar-refractivity contribution >= 4 is 21.4 Å². The van der Waals surface area contributed by atoms with Gasteiger partial charge in [-0.2, -0.15) is 0 Å². The Kier molecular flexibility index (Phi) is 5.01. The third kappa shape index (κ3) is 3.64. The van der Waals surface area contributed by atoms with E-state index in [9.17, 15) is 22.9 Å². The van der Waals surface area contributed by atoms with Gasteiger partial charge in [-0.25, -0.2) is 17.5 Å². The van der Waals surface area contributed by atoms with E-state index >= 15 is 0 Å². The average Bonchev–Trinajstić information content (AvgIpc) is 2.26. The first-order valence-electron chi connectivity index (χ1n) is 5.94. The molecule has 9 heteroatoms. The second-order valence-electron chi connectivity index (χ2n) is 4.41. The van der Waals surface area contributed by atoms with Gasteiger partial charge < -0.3 is 5.73 Å². The highest BCUT2D eigenvalue weighted by molar-refractivity contribution is 7.89. The van der Waals surface area contributed by atoms with Gasteiger partial charge in [-0.3, -0.25) is 10.1 Å². The van der Waals surface area contributed by atoms with Crippen molar-refractivity contribution in [2.75, 3.05) is 5.73 Å². The Labute approximate surface area is 116 Å². The number of non-ortho nitro benzene ring substituents is 1. The van der Waals surface area contributed by atoms with E-state index in [0.29, 0.717) is 12.5 Å². The number of rotatable bonds is 6. The molecule has 0 radical (unpaired) electrons.